The van der Waals surface area contributed by atoms with Crippen molar-refractivity contribution in [3.8, 4) is 0 Å². The summed E-state index contributed by atoms with van der Waals surface area (Å²) < 4.78 is 3.11. The van der Waals surface area contributed by atoms with E-state index in [1.54, 1.807) is 0 Å². The first kappa shape index (κ1) is 15.2. The van der Waals surface area contributed by atoms with Crippen LogP contribution in [0.25, 0.3) is 0 Å². The Morgan fingerprint density at radius 2 is 2.06 bits per heavy atom. The Kier molecular flexibility index (Phi) is 6.17. The van der Waals surface area contributed by atoms with Gasteiger partial charge in [-0.1, -0.05) is 29.8 Å². The fourth-order valence-corrected chi connectivity index (χ4v) is 2.92. The first-order chi connectivity index (χ1) is 8.01. The van der Waals surface area contributed by atoms with Gasteiger partial charge in [-0.25, -0.2) is 0 Å². The van der Waals surface area contributed by atoms with E-state index in [1.165, 1.54) is 5.69 Å². The monoisotopic (exact) mass is 365 g/mol. The van der Waals surface area contributed by atoms with Gasteiger partial charge in [0.15, 0.2) is 0 Å². The molecular weight excluding hydrogens is 346 g/mol. The normalized spacial score (nSPS) is 14.9. The molecule has 0 aromatic carbocycles. The molecule has 0 aliphatic carbocycles. The molecule has 1 rings (SSSR count). The molecule has 0 bridgehead atoms. The molecule has 1 aromatic rings. The van der Waals surface area contributed by atoms with E-state index >= 15 is 0 Å². The van der Waals surface area contributed by atoms with Crippen LogP contribution in [0.2, 0.25) is 0 Å². The van der Waals surface area contributed by atoms with Crippen LogP contribution in [0.3, 0.4) is 0 Å². The van der Waals surface area contributed by atoms with E-state index in [0.717, 1.165) is 28.5 Å². The number of halogens is 2. The maximum atomic E-state index is 4.49. The summed E-state index contributed by atoms with van der Waals surface area (Å²) >= 11 is 7.15. The maximum Gasteiger partial charge on any atom is 0.0767 e. The van der Waals surface area contributed by atoms with Crippen molar-refractivity contribution in [1.82, 2.24) is 15.1 Å². The van der Waals surface area contributed by atoms with Gasteiger partial charge < -0.3 is 5.32 Å². The first-order valence-electron chi connectivity index (χ1n) is 6.00. The molecule has 0 fully saturated rings. The number of aryl methyl sites for hydroxylation is 2. The van der Waals surface area contributed by atoms with E-state index in [-0.39, 0.29) is 0 Å². The summed E-state index contributed by atoms with van der Waals surface area (Å²) in [7, 11) is 2.00. The van der Waals surface area contributed by atoms with Crippen LogP contribution in [-0.2, 0) is 20.0 Å². The van der Waals surface area contributed by atoms with Gasteiger partial charge in [0.1, 0.15) is 0 Å². The summed E-state index contributed by atoms with van der Waals surface area (Å²) in [6.07, 6.45) is 0.960. The second-order valence-electron chi connectivity index (χ2n) is 4.49. The average molecular weight is 367 g/mol. The summed E-state index contributed by atoms with van der Waals surface area (Å²) in [4.78, 5) is 0. The third-order valence-corrected chi connectivity index (χ3v) is 5.13. The van der Waals surface area contributed by atoms with E-state index in [4.69, 9.17) is 0 Å². The molecule has 0 saturated carbocycles. The molecule has 0 saturated heterocycles. The van der Waals surface area contributed by atoms with Gasteiger partial charge in [-0.3, -0.25) is 4.68 Å². The van der Waals surface area contributed by atoms with Gasteiger partial charge in [0.25, 0.3) is 0 Å². The number of hydrogen-bond donors (Lipinski definition) is 1. The van der Waals surface area contributed by atoms with Gasteiger partial charge in [0, 0.05) is 25.0 Å². The molecule has 0 aliphatic rings. The lowest BCUT2D eigenvalue weighted by atomic mass is 10.1. The van der Waals surface area contributed by atoms with Gasteiger partial charge in [0.05, 0.1) is 15.9 Å². The summed E-state index contributed by atoms with van der Waals surface area (Å²) in [6, 6.07) is 0.487. The zero-order valence-corrected chi connectivity index (χ0v) is 14.1. The molecule has 17 heavy (non-hydrogen) atoms. The number of nitrogens with zero attached hydrogens (tertiary/aromatic N) is 2. The minimum atomic E-state index is 0.487. The van der Waals surface area contributed by atoms with Crippen LogP contribution in [-0.4, -0.2) is 21.2 Å². The molecule has 2 unspecified atom stereocenters. The number of aromatic nitrogens is 2. The van der Waals surface area contributed by atoms with E-state index in [0.29, 0.717) is 12.0 Å². The van der Waals surface area contributed by atoms with E-state index in [2.05, 4.69) is 63.0 Å². The molecule has 5 heteroatoms. The largest absolute Gasteiger partial charge is 0.308 e. The van der Waals surface area contributed by atoms with Crippen LogP contribution < -0.4 is 5.32 Å². The SMILES string of the molecule is CCc1nn(C)c(CNC(C)C(C)CBr)c1Br. The molecule has 0 aliphatic heterocycles. The van der Waals surface area contributed by atoms with Crippen LogP contribution in [0.4, 0.5) is 0 Å². The molecule has 0 spiro atoms. The van der Waals surface area contributed by atoms with Crippen molar-refractivity contribution >= 4 is 31.9 Å². The Morgan fingerprint density at radius 3 is 2.53 bits per heavy atom. The standard InChI is InChI=1S/C12H21Br2N3/c1-5-10-12(14)11(17(4)16-10)7-15-9(3)8(2)6-13/h8-9,15H,5-7H2,1-4H3. The van der Waals surface area contributed by atoms with Gasteiger partial charge in [-0.05, 0) is 35.2 Å². The van der Waals surface area contributed by atoms with Crippen LogP contribution in [0, 0.1) is 5.92 Å². The molecule has 98 valence electrons. The van der Waals surface area contributed by atoms with Crippen molar-refractivity contribution < 1.29 is 0 Å². The molecule has 1 N–H and O–H groups in total. The Morgan fingerprint density at radius 1 is 1.41 bits per heavy atom. The molecule has 0 amide bonds. The summed E-state index contributed by atoms with van der Waals surface area (Å²) in [5.41, 5.74) is 2.35. The Hall–Kier alpha value is 0.130. The van der Waals surface area contributed by atoms with Gasteiger partial charge in [-0.15, -0.1) is 0 Å². The van der Waals surface area contributed by atoms with Gasteiger partial charge in [-0.2, -0.15) is 5.10 Å². The number of rotatable bonds is 6. The lowest BCUT2D eigenvalue weighted by molar-refractivity contribution is 0.426. The lowest BCUT2D eigenvalue weighted by Gasteiger charge is -2.19. The zero-order chi connectivity index (χ0) is 13.0. The molecule has 2 atom stereocenters. The van der Waals surface area contributed by atoms with E-state index < -0.39 is 0 Å². The highest BCUT2D eigenvalue weighted by Crippen LogP contribution is 2.21. The Bertz CT molecular complexity index is 363. The van der Waals surface area contributed by atoms with Crippen molar-refractivity contribution in [3.63, 3.8) is 0 Å². The predicted octanol–water partition coefficient (Wildman–Crippen LogP) is 3.25. The van der Waals surface area contributed by atoms with Crippen molar-refractivity contribution in [2.24, 2.45) is 13.0 Å². The van der Waals surface area contributed by atoms with Crippen LogP contribution >= 0.6 is 31.9 Å². The Labute approximate surface area is 121 Å². The van der Waals surface area contributed by atoms with Crippen LogP contribution in [0.1, 0.15) is 32.2 Å². The average Bonchev–Trinajstić information content (AvgIpc) is 2.60. The van der Waals surface area contributed by atoms with Gasteiger partial charge in [0.2, 0.25) is 0 Å². The minimum Gasteiger partial charge on any atom is -0.308 e. The van der Waals surface area contributed by atoms with Crippen molar-refractivity contribution in [1.29, 1.82) is 0 Å². The minimum absolute atomic E-state index is 0.487. The fourth-order valence-electron chi connectivity index (χ4n) is 1.60. The van der Waals surface area contributed by atoms with Crippen LogP contribution in [0.15, 0.2) is 4.47 Å². The maximum absolute atomic E-state index is 4.49. The lowest BCUT2D eigenvalue weighted by Crippen LogP contribution is -2.33. The van der Waals surface area contributed by atoms with E-state index in [9.17, 15) is 0 Å². The number of nitrogens with one attached hydrogen (secondary N) is 1. The molecule has 0 radical (unpaired) electrons. The molecule has 1 aromatic heterocycles. The quantitative estimate of drug-likeness (QED) is 0.783. The first-order valence-corrected chi connectivity index (χ1v) is 7.92. The van der Waals surface area contributed by atoms with Crippen LogP contribution in [0.5, 0.6) is 0 Å². The third kappa shape index (κ3) is 3.80. The van der Waals surface area contributed by atoms with Gasteiger partial charge >= 0.3 is 0 Å². The van der Waals surface area contributed by atoms with Crippen molar-refractivity contribution in [2.45, 2.75) is 39.8 Å². The summed E-state index contributed by atoms with van der Waals surface area (Å²) in [6.45, 7) is 7.43. The molecule has 3 nitrogen and oxygen atoms in total. The summed E-state index contributed by atoms with van der Waals surface area (Å²) in [5.74, 6) is 0.618. The number of alkyl halides is 1. The zero-order valence-electron chi connectivity index (χ0n) is 10.9. The second-order valence-corrected chi connectivity index (χ2v) is 5.93. The second kappa shape index (κ2) is 6.90. The smallest absolute Gasteiger partial charge is 0.0767 e. The molecule has 1 heterocycles. The highest BCUT2D eigenvalue weighted by molar-refractivity contribution is 9.10. The molecular formula is C12H21Br2N3. The highest BCUT2D eigenvalue weighted by atomic mass is 79.9. The Balaban J connectivity index is 2.66. The number of hydrogen-bond acceptors (Lipinski definition) is 2. The summed E-state index contributed by atoms with van der Waals surface area (Å²) in [5, 5.41) is 9.06. The predicted molar refractivity (Wildman–Crippen MR) is 79.5 cm³/mol. The van der Waals surface area contributed by atoms with E-state index in [1.807, 2.05) is 11.7 Å². The fraction of sp³-hybridized carbons (Fsp3) is 0.750. The topological polar surface area (TPSA) is 29.9 Å². The third-order valence-electron chi connectivity index (χ3n) is 3.19. The highest BCUT2D eigenvalue weighted by Gasteiger charge is 2.15. The van der Waals surface area contributed by atoms with Crippen molar-refractivity contribution in [3.05, 3.63) is 15.9 Å². The van der Waals surface area contributed by atoms with Crippen molar-refractivity contribution in [2.75, 3.05) is 5.33 Å².